The maximum absolute atomic E-state index is 11.1. The molecule has 0 aromatic heterocycles. The highest BCUT2D eigenvalue weighted by Crippen LogP contribution is 1.97. The molecule has 0 unspecified atom stereocenters. The second-order valence-corrected chi connectivity index (χ2v) is 3.21. The summed E-state index contributed by atoms with van der Waals surface area (Å²) in [5.74, 6) is 0.669. The van der Waals surface area contributed by atoms with Crippen LogP contribution in [0.2, 0.25) is 0 Å². The van der Waals surface area contributed by atoms with Gasteiger partial charge in [-0.1, -0.05) is 13.8 Å². The van der Waals surface area contributed by atoms with Crippen LogP contribution in [0.25, 0.3) is 0 Å². The number of carbonyl (C=O) groups excluding carboxylic acids is 1. The molecule has 11 heavy (non-hydrogen) atoms. The highest BCUT2D eigenvalue weighted by Gasteiger charge is 2.07. The smallest absolute Gasteiger partial charge is 0.223 e. The Hall–Kier alpha value is -0.570. The van der Waals surface area contributed by atoms with Gasteiger partial charge in [0.15, 0.2) is 0 Å². The minimum Gasteiger partial charge on any atom is -0.345 e. The van der Waals surface area contributed by atoms with E-state index in [0.29, 0.717) is 18.9 Å². The fraction of sp³-hybridized carbons (Fsp3) is 0.875. The molecule has 0 aliphatic heterocycles. The summed E-state index contributed by atoms with van der Waals surface area (Å²) in [5.41, 5.74) is 5.25. The number of hydrogen-bond acceptors (Lipinski definition) is 2. The van der Waals surface area contributed by atoms with E-state index >= 15 is 0 Å². The fourth-order valence-electron chi connectivity index (χ4n) is 0.964. The molecular formula is C8H18N2O. The average Bonchev–Trinajstić information content (AvgIpc) is 1.86. The minimum atomic E-state index is 0.140. The van der Waals surface area contributed by atoms with E-state index in [0.717, 1.165) is 6.54 Å². The van der Waals surface area contributed by atoms with Crippen LogP contribution in [-0.2, 0) is 4.79 Å². The Morgan fingerprint density at radius 2 is 2.09 bits per heavy atom. The summed E-state index contributed by atoms with van der Waals surface area (Å²) in [6.07, 6.45) is 0.462. The average molecular weight is 158 g/mol. The van der Waals surface area contributed by atoms with E-state index in [1.165, 1.54) is 0 Å². The Morgan fingerprint density at radius 1 is 1.55 bits per heavy atom. The van der Waals surface area contributed by atoms with Crippen LogP contribution in [0.5, 0.6) is 0 Å². The van der Waals surface area contributed by atoms with Crippen LogP contribution in [0.4, 0.5) is 0 Å². The molecule has 66 valence electrons. The van der Waals surface area contributed by atoms with Crippen LogP contribution in [0.15, 0.2) is 0 Å². The summed E-state index contributed by atoms with van der Waals surface area (Å²) in [6.45, 7) is 5.44. The highest BCUT2D eigenvalue weighted by atomic mass is 16.2. The Balaban J connectivity index is 3.64. The van der Waals surface area contributed by atoms with Crippen molar-refractivity contribution in [2.75, 3.05) is 20.1 Å². The topological polar surface area (TPSA) is 46.3 Å². The van der Waals surface area contributed by atoms with Gasteiger partial charge in [-0.15, -0.1) is 0 Å². The summed E-state index contributed by atoms with van der Waals surface area (Å²) < 4.78 is 0. The maximum Gasteiger partial charge on any atom is 0.223 e. The number of hydrogen-bond donors (Lipinski definition) is 1. The molecular weight excluding hydrogens is 140 g/mol. The van der Waals surface area contributed by atoms with Crippen molar-refractivity contribution in [2.24, 2.45) is 11.7 Å². The third-order valence-corrected chi connectivity index (χ3v) is 1.42. The minimum absolute atomic E-state index is 0.140. The first-order valence-corrected chi connectivity index (χ1v) is 4.02. The number of nitrogens with zero attached hydrogens (tertiary/aromatic N) is 1. The van der Waals surface area contributed by atoms with Gasteiger partial charge in [-0.25, -0.2) is 0 Å². The van der Waals surface area contributed by atoms with Crippen LogP contribution < -0.4 is 5.73 Å². The summed E-state index contributed by atoms with van der Waals surface area (Å²) in [6, 6.07) is 0. The largest absolute Gasteiger partial charge is 0.345 e. The first kappa shape index (κ1) is 10.4. The lowest BCUT2D eigenvalue weighted by molar-refractivity contribution is -0.130. The lowest BCUT2D eigenvalue weighted by atomic mass is 10.2. The molecule has 0 rings (SSSR count). The summed E-state index contributed by atoms with van der Waals surface area (Å²) in [4.78, 5) is 12.9. The fourth-order valence-corrected chi connectivity index (χ4v) is 0.964. The Morgan fingerprint density at radius 3 is 2.45 bits per heavy atom. The molecule has 3 heteroatoms. The first-order chi connectivity index (χ1) is 5.07. The standard InChI is InChI=1S/C8H18N2O/c1-7(2)6-10(3)8(11)4-5-9/h7H,4-6,9H2,1-3H3. The zero-order chi connectivity index (χ0) is 8.85. The van der Waals surface area contributed by atoms with E-state index in [1.807, 2.05) is 7.05 Å². The molecule has 0 spiro atoms. The van der Waals surface area contributed by atoms with E-state index in [4.69, 9.17) is 5.73 Å². The second kappa shape index (κ2) is 5.13. The lowest BCUT2D eigenvalue weighted by Gasteiger charge is -2.18. The molecule has 0 radical (unpaired) electrons. The van der Waals surface area contributed by atoms with Crippen molar-refractivity contribution in [2.45, 2.75) is 20.3 Å². The molecule has 0 fully saturated rings. The van der Waals surface area contributed by atoms with Crippen molar-refractivity contribution < 1.29 is 4.79 Å². The quantitative estimate of drug-likeness (QED) is 0.645. The molecule has 3 nitrogen and oxygen atoms in total. The molecule has 0 atom stereocenters. The van der Waals surface area contributed by atoms with Gasteiger partial charge in [0.05, 0.1) is 0 Å². The number of amides is 1. The third-order valence-electron chi connectivity index (χ3n) is 1.42. The van der Waals surface area contributed by atoms with Crippen LogP contribution in [0.3, 0.4) is 0 Å². The van der Waals surface area contributed by atoms with Gasteiger partial charge in [0.25, 0.3) is 0 Å². The lowest BCUT2D eigenvalue weighted by Crippen LogP contribution is -2.31. The van der Waals surface area contributed by atoms with Crippen molar-refractivity contribution >= 4 is 5.91 Å². The summed E-state index contributed by atoms with van der Waals surface area (Å²) in [5, 5.41) is 0. The van der Waals surface area contributed by atoms with E-state index in [-0.39, 0.29) is 5.91 Å². The third kappa shape index (κ3) is 4.79. The number of nitrogens with two attached hydrogens (primary N) is 1. The van der Waals surface area contributed by atoms with Crippen molar-refractivity contribution in [1.29, 1.82) is 0 Å². The van der Waals surface area contributed by atoms with Crippen LogP contribution in [0.1, 0.15) is 20.3 Å². The van der Waals surface area contributed by atoms with E-state index in [2.05, 4.69) is 13.8 Å². The molecule has 0 saturated heterocycles. The predicted molar refractivity (Wildman–Crippen MR) is 46.1 cm³/mol. The Labute approximate surface area is 68.6 Å². The molecule has 0 aromatic carbocycles. The predicted octanol–water partition coefficient (Wildman–Crippen LogP) is 0.450. The van der Waals surface area contributed by atoms with Crippen LogP contribution in [0, 0.1) is 5.92 Å². The van der Waals surface area contributed by atoms with Gasteiger partial charge in [-0.2, -0.15) is 0 Å². The van der Waals surface area contributed by atoms with Crippen molar-refractivity contribution in [3.63, 3.8) is 0 Å². The van der Waals surface area contributed by atoms with Crippen molar-refractivity contribution in [3.05, 3.63) is 0 Å². The van der Waals surface area contributed by atoms with Gasteiger partial charge in [-0.05, 0) is 5.92 Å². The Kier molecular flexibility index (Phi) is 4.86. The molecule has 2 N–H and O–H groups in total. The van der Waals surface area contributed by atoms with E-state index in [9.17, 15) is 4.79 Å². The summed E-state index contributed by atoms with van der Waals surface area (Å²) >= 11 is 0. The van der Waals surface area contributed by atoms with E-state index < -0.39 is 0 Å². The van der Waals surface area contributed by atoms with Crippen LogP contribution in [-0.4, -0.2) is 30.9 Å². The van der Waals surface area contributed by atoms with Crippen LogP contribution >= 0.6 is 0 Å². The van der Waals surface area contributed by atoms with Gasteiger partial charge in [0.2, 0.25) is 5.91 Å². The van der Waals surface area contributed by atoms with Gasteiger partial charge >= 0.3 is 0 Å². The Bertz CT molecular complexity index is 123. The van der Waals surface area contributed by atoms with Gasteiger partial charge in [-0.3, -0.25) is 4.79 Å². The van der Waals surface area contributed by atoms with Crippen molar-refractivity contribution in [1.82, 2.24) is 4.90 Å². The molecule has 0 heterocycles. The normalized spacial score (nSPS) is 10.3. The maximum atomic E-state index is 11.1. The molecule has 0 aliphatic rings. The second-order valence-electron chi connectivity index (χ2n) is 3.21. The molecule has 0 saturated carbocycles. The highest BCUT2D eigenvalue weighted by molar-refractivity contribution is 5.75. The molecule has 0 bridgehead atoms. The van der Waals surface area contributed by atoms with E-state index in [1.54, 1.807) is 4.90 Å². The monoisotopic (exact) mass is 158 g/mol. The van der Waals surface area contributed by atoms with Gasteiger partial charge < -0.3 is 10.6 Å². The van der Waals surface area contributed by atoms with Crippen molar-refractivity contribution in [3.8, 4) is 0 Å². The van der Waals surface area contributed by atoms with Gasteiger partial charge in [0.1, 0.15) is 0 Å². The molecule has 0 aromatic rings. The van der Waals surface area contributed by atoms with Gasteiger partial charge in [0, 0.05) is 26.6 Å². The molecule has 1 amide bonds. The SMILES string of the molecule is CC(C)CN(C)C(=O)CCN. The number of carbonyl (C=O) groups is 1. The summed E-state index contributed by atoms with van der Waals surface area (Å²) in [7, 11) is 1.82. The zero-order valence-electron chi connectivity index (χ0n) is 7.63. The molecule has 0 aliphatic carbocycles. The first-order valence-electron chi connectivity index (χ1n) is 4.02. The number of rotatable bonds is 4. The zero-order valence-corrected chi connectivity index (χ0v) is 7.63.